The van der Waals surface area contributed by atoms with E-state index in [9.17, 15) is 4.79 Å². The zero-order valence-corrected chi connectivity index (χ0v) is 15.2. The van der Waals surface area contributed by atoms with Crippen LogP contribution in [-0.2, 0) is 4.79 Å². The van der Waals surface area contributed by atoms with Crippen LogP contribution in [-0.4, -0.2) is 41.6 Å². The highest BCUT2D eigenvalue weighted by Crippen LogP contribution is 2.35. The molecule has 0 bridgehead atoms. The topological polar surface area (TPSA) is 64.6 Å². The molecule has 0 unspecified atom stereocenters. The second-order valence-electron chi connectivity index (χ2n) is 5.32. The first kappa shape index (κ1) is 17.0. The minimum absolute atomic E-state index is 0.0321. The average Bonchev–Trinajstić information content (AvgIpc) is 3.30. The monoisotopic (exact) mass is 365 g/mol. The molecule has 0 spiro atoms. The van der Waals surface area contributed by atoms with Crippen molar-refractivity contribution in [2.24, 2.45) is 0 Å². The fraction of sp³-hybridized carbons (Fsp3) is 0.438. The third kappa shape index (κ3) is 4.18. The van der Waals surface area contributed by atoms with Crippen molar-refractivity contribution in [1.29, 1.82) is 0 Å². The predicted molar refractivity (Wildman–Crippen MR) is 95.3 cm³/mol. The SMILES string of the molecule is COc1ccccc1OCCSc1nnc(N(C(C)=O)C2CC2)s1. The number of ether oxygens (including phenoxy) is 2. The Morgan fingerprint density at radius 1 is 1.33 bits per heavy atom. The highest BCUT2D eigenvalue weighted by Gasteiger charge is 2.34. The fourth-order valence-corrected chi connectivity index (χ4v) is 4.10. The van der Waals surface area contributed by atoms with Gasteiger partial charge in [-0.05, 0) is 25.0 Å². The summed E-state index contributed by atoms with van der Waals surface area (Å²) in [5.74, 6) is 2.23. The molecule has 1 aromatic carbocycles. The second-order valence-corrected chi connectivity index (χ2v) is 7.62. The molecule has 1 amide bonds. The summed E-state index contributed by atoms with van der Waals surface area (Å²) >= 11 is 3.03. The highest BCUT2D eigenvalue weighted by molar-refractivity contribution is 8.01. The molecule has 0 aliphatic heterocycles. The molecule has 0 saturated heterocycles. The molecule has 1 heterocycles. The van der Waals surface area contributed by atoms with Crippen LogP contribution in [0, 0.1) is 0 Å². The Labute approximate surface area is 149 Å². The van der Waals surface area contributed by atoms with E-state index in [0.717, 1.165) is 34.4 Å². The molecule has 3 rings (SSSR count). The van der Waals surface area contributed by atoms with Crippen molar-refractivity contribution in [2.45, 2.75) is 30.1 Å². The summed E-state index contributed by atoms with van der Waals surface area (Å²) in [6, 6.07) is 7.88. The number of carbonyl (C=O) groups excluding carboxylic acids is 1. The van der Waals surface area contributed by atoms with Crippen LogP contribution < -0.4 is 14.4 Å². The van der Waals surface area contributed by atoms with Gasteiger partial charge < -0.3 is 9.47 Å². The minimum Gasteiger partial charge on any atom is -0.493 e. The number of carbonyl (C=O) groups is 1. The van der Waals surface area contributed by atoms with Gasteiger partial charge in [-0.25, -0.2) is 0 Å². The molecule has 128 valence electrons. The first-order valence-corrected chi connectivity index (χ1v) is 9.51. The molecular weight excluding hydrogens is 346 g/mol. The van der Waals surface area contributed by atoms with Crippen LogP contribution in [0.25, 0.3) is 0 Å². The van der Waals surface area contributed by atoms with Crippen molar-refractivity contribution in [3.63, 3.8) is 0 Å². The van der Waals surface area contributed by atoms with Crippen LogP contribution in [0.5, 0.6) is 11.5 Å². The van der Waals surface area contributed by atoms with Crippen molar-refractivity contribution in [3.8, 4) is 11.5 Å². The quantitative estimate of drug-likeness (QED) is 0.406. The van der Waals surface area contributed by atoms with Gasteiger partial charge in [0.1, 0.15) is 0 Å². The molecule has 1 saturated carbocycles. The van der Waals surface area contributed by atoms with Gasteiger partial charge in [0.2, 0.25) is 11.0 Å². The minimum atomic E-state index is 0.0321. The van der Waals surface area contributed by atoms with Gasteiger partial charge in [-0.2, -0.15) is 0 Å². The Balaban J connectivity index is 1.50. The lowest BCUT2D eigenvalue weighted by atomic mass is 10.3. The molecule has 0 radical (unpaired) electrons. The molecule has 1 aliphatic rings. The summed E-state index contributed by atoms with van der Waals surface area (Å²) < 4.78 is 11.8. The normalized spacial score (nSPS) is 13.6. The van der Waals surface area contributed by atoms with E-state index in [1.165, 1.54) is 11.3 Å². The number of rotatable bonds is 8. The van der Waals surface area contributed by atoms with E-state index in [1.807, 2.05) is 24.3 Å². The number of amides is 1. The first-order chi connectivity index (χ1) is 11.7. The smallest absolute Gasteiger partial charge is 0.225 e. The highest BCUT2D eigenvalue weighted by atomic mass is 32.2. The number of thioether (sulfide) groups is 1. The second kappa shape index (κ2) is 7.85. The molecule has 8 heteroatoms. The van der Waals surface area contributed by atoms with Crippen molar-refractivity contribution >= 4 is 34.1 Å². The Bertz CT molecular complexity index is 703. The fourth-order valence-electron chi connectivity index (χ4n) is 2.26. The predicted octanol–water partition coefficient (Wildman–Crippen LogP) is 3.23. The summed E-state index contributed by atoms with van der Waals surface area (Å²) in [6.07, 6.45) is 2.10. The largest absolute Gasteiger partial charge is 0.493 e. The van der Waals surface area contributed by atoms with Crippen molar-refractivity contribution < 1.29 is 14.3 Å². The van der Waals surface area contributed by atoms with E-state index >= 15 is 0 Å². The van der Waals surface area contributed by atoms with Crippen LogP contribution in [0.15, 0.2) is 28.6 Å². The van der Waals surface area contributed by atoms with Crippen molar-refractivity contribution in [3.05, 3.63) is 24.3 Å². The molecule has 0 atom stereocenters. The van der Waals surface area contributed by atoms with E-state index in [4.69, 9.17) is 9.47 Å². The Kier molecular flexibility index (Phi) is 5.57. The van der Waals surface area contributed by atoms with Crippen LogP contribution >= 0.6 is 23.1 Å². The van der Waals surface area contributed by atoms with Gasteiger partial charge in [-0.3, -0.25) is 9.69 Å². The van der Waals surface area contributed by atoms with Gasteiger partial charge in [-0.15, -0.1) is 10.2 Å². The molecule has 0 N–H and O–H groups in total. The summed E-state index contributed by atoms with van der Waals surface area (Å²) in [4.78, 5) is 13.5. The van der Waals surface area contributed by atoms with E-state index in [-0.39, 0.29) is 5.91 Å². The maximum Gasteiger partial charge on any atom is 0.225 e. The van der Waals surface area contributed by atoms with E-state index in [0.29, 0.717) is 17.8 Å². The Morgan fingerprint density at radius 3 is 2.75 bits per heavy atom. The van der Waals surface area contributed by atoms with Gasteiger partial charge in [0.05, 0.1) is 13.7 Å². The van der Waals surface area contributed by atoms with Crippen LogP contribution in [0.4, 0.5) is 5.13 Å². The number of methoxy groups -OCH3 is 1. The Hall–Kier alpha value is -1.80. The van der Waals surface area contributed by atoms with Crippen LogP contribution in [0.1, 0.15) is 19.8 Å². The summed E-state index contributed by atoms with van der Waals surface area (Å²) in [6.45, 7) is 2.12. The zero-order chi connectivity index (χ0) is 16.9. The van der Waals surface area contributed by atoms with E-state index < -0.39 is 0 Å². The summed E-state index contributed by atoms with van der Waals surface area (Å²) in [7, 11) is 1.63. The van der Waals surface area contributed by atoms with Gasteiger partial charge in [0.25, 0.3) is 0 Å². The molecular formula is C16H19N3O3S2. The molecule has 24 heavy (non-hydrogen) atoms. The number of hydrogen-bond acceptors (Lipinski definition) is 7. The molecule has 1 aromatic heterocycles. The lowest BCUT2D eigenvalue weighted by molar-refractivity contribution is -0.116. The van der Waals surface area contributed by atoms with Crippen molar-refractivity contribution in [2.75, 3.05) is 24.4 Å². The number of anilines is 1. The van der Waals surface area contributed by atoms with Crippen LogP contribution in [0.2, 0.25) is 0 Å². The summed E-state index contributed by atoms with van der Waals surface area (Å²) in [5.41, 5.74) is 0. The lowest BCUT2D eigenvalue weighted by Crippen LogP contribution is -2.30. The maximum absolute atomic E-state index is 11.7. The van der Waals surface area contributed by atoms with Crippen LogP contribution in [0.3, 0.4) is 0 Å². The van der Waals surface area contributed by atoms with Crippen molar-refractivity contribution in [1.82, 2.24) is 10.2 Å². The number of benzene rings is 1. The number of hydrogen-bond donors (Lipinski definition) is 0. The zero-order valence-electron chi connectivity index (χ0n) is 13.6. The molecule has 6 nitrogen and oxygen atoms in total. The third-order valence-corrected chi connectivity index (χ3v) is 5.51. The van der Waals surface area contributed by atoms with E-state index in [2.05, 4.69) is 10.2 Å². The number of aromatic nitrogens is 2. The number of para-hydroxylation sites is 2. The third-order valence-electron chi connectivity index (χ3n) is 3.49. The van der Waals surface area contributed by atoms with E-state index in [1.54, 1.807) is 30.7 Å². The van der Waals surface area contributed by atoms with Gasteiger partial charge in [0, 0.05) is 18.7 Å². The Morgan fingerprint density at radius 2 is 2.08 bits per heavy atom. The average molecular weight is 365 g/mol. The number of nitrogens with zero attached hydrogens (tertiary/aromatic N) is 3. The molecule has 2 aromatic rings. The van der Waals surface area contributed by atoms with Gasteiger partial charge in [0.15, 0.2) is 15.8 Å². The first-order valence-electron chi connectivity index (χ1n) is 7.71. The lowest BCUT2D eigenvalue weighted by Gasteiger charge is -2.15. The summed E-state index contributed by atoms with van der Waals surface area (Å²) in [5, 5.41) is 9.01. The molecule has 1 aliphatic carbocycles. The standard InChI is InChI=1S/C16H19N3O3S2/c1-11(20)19(12-7-8-12)15-17-18-16(24-15)23-10-9-22-14-6-4-3-5-13(14)21-2/h3-6,12H,7-10H2,1-2H3. The maximum atomic E-state index is 11.7. The van der Waals surface area contributed by atoms with Gasteiger partial charge in [-0.1, -0.05) is 35.2 Å². The van der Waals surface area contributed by atoms with Gasteiger partial charge >= 0.3 is 0 Å². The molecule has 1 fully saturated rings.